The second-order valence-electron chi connectivity index (χ2n) is 11.5. The maximum absolute atomic E-state index is 13.2. The Morgan fingerprint density at radius 3 is 1.36 bits per heavy atom. The smallest absolute Gasteiger partial charge is 0.394 e. The number of unbranched alkanes of at least 4 members (excludes halogenated alkanes) is 12. The highest BCUT2D eigenvalue weighted by molar-refractivity contribution is 5.89. The van der Waals surface area contributed by atoms with Gasteiger partial charge in [0.15, 0.2) is 0 Å². The monoisotopic (exact) mass is 568 g/mol. The largest absolute Gasteiger partial charge is 0.519 e. The third-order valence-corrected chi connectivity index (χ3v) is 7.92. The van der Waals surface area contributed by atoms with Gasteiger partial charge in [-0.3, -0.25) is 9.97 Å². The van der Waals surface area contributed by atoms with E-state index in [4.69, 9.17) is 19.4 Å². The van der Waals surface area contributed by atoms with E-state index in [0.29, 0.717) is 11.5 Å². The molecule has 5 nitrogen and oxygen atoms in total. The Hall–Kier alpha value is -3.47. The molecule has 4 rings (SSSR count). The maximum Gasteiger partial charge on any atom is 0.519 e. The van der Waals surface area contributed by atoms with E-state index in [1.165, 1.54) is 77.0 Å². The summed E-state index contributed by atoms with van der Waals surface area (Å²) in [5.74, 6) is 0.982. The van der Waals surface area contributed by atoms with Gasteiger partial charge >= 0.3 is 6.16 Å². The number of rotatable bonds is 18. The van der Waals surface area contributed by atoms with Crippen LogP contribution >= 0.6 is 0 Å². The topological polar surface area (TPSA) is 61.3 Å². The molecular formula is C37H48N2O3. The second-order valence-corrected chi connectivity index (χ2v) is 11.5. The van der Waals surface area contributed by atoms with E-state index < -0.39 is 6.16 Å². The first-order valence-electron chi connectivity index (χ1n) is 16.3. The van der Waals surface area contributed by atoms with Crippen LogP contribution in [0.2, 0.25) is 0 Å². The summed E-state index contributed by atoms with van der Waals surface area (Å²) in [6.07, 6.45) is 18.4. The van der Waals surface area contributed by atoms with E-state index in [1.807, 2.05) is 60.7 Å². The predicted molar refractivity (Wildman–Crippen MR) is 174 cm³/mol. The molecule has 0 saturated heterocycles. The van der Waals surface area contributed by atoms with Gasteiger partial charge in [-0.05, 0) is 49.9 Å². The standard InChI is InChI=1S/C37H48N2O3/c1-3-5-7-9-11-13-15-21-29-27-35(31-23-17-19-25-33(31)38-29)41-37(40)42-36-28-30(22-16-14-12-10-8-6-4-2)39-34-26-20-18-24-32(34)36/h17-20,23-28H,3-16,21-22H2,1-2H3. The first-order chi connectivity index (χ1) is 20.7. The lowest BCUT2D eigenvalue weighted by Gasteiger charge is -2.12. The van der Waals surface area contributed by atoms with Crippen molar-refractivity contribution in [1.82, 2.24) is 9.97 Å². The predicted octanol–water partition coefficient (Wildman–Crippen LogP) is 10.9. The van der Waals surface area contributed by atoms with Crippen LogP contribution in [0.5, 0.6) is 11.5 Å². The van der Waals surface area contributed by atoms with Crippen LogP contribution in [0.3, 0.4) is 0 Å². The highest BCUT2D eigenvalue weighted by atomic mass is 16.7. The van der Waals surface area contributed by atoms with E-state index in [9.17, 15) is 4.79 Å². The Balaban J connectivity index is 1.41. The van der Waals surface area contributed by atoms with Crippen LogP contribution < -0.4 is 9.47 Å². The molecule has 0 aliphatic carbocycles. The van der Waals surface area contributed by atoms with E-state index >= 15 is 0 Å². The summed E-state index contributed by atoms with van der Waals surface area (Å²) in [5.41, 5.74) is 3.53. The van der Waals surface area contributed by atoms with Crippen LogP contribution in [-0.2, 0) is 12.8 Å². The summed E-state index contributed by atoms with van der Waals surface area (Å²) in [5, 5.41) is 1.61. The SMILES string of the molecule is CCCCCCCCCc1cc(OC(=O)Oc2cc(CCCCCCCCC)nc3ccccc23)c2ccccc2n1. The van der Waals surface area contributed by atoms with Crippen molar-refractivity contribution in [2.45, 2.75) is 117 Å². The van der Waals surface area contributed by atoms with E-state index in [-0.39, 0.29) is 0 Å². The number of hydrogen-bond donors (Lipinski definition) is 0. The van der Waals surface area contributed by atoms with E-state index in [1.54, 1.807) is 0 Å². The molecule has 42 heavy (non-hydrogen) atoms. The lowest BCUT2D eigenvalue weighted by atomic mass is 10.1. The minimum Gasteiger partial charge on any atom is -0.394 e. The average molecular weight is 569 g/mol. The summed E-state index contributed by atoms with van der Waals surface area (Å²) in [6, 6.07) is 19.4. The second kappa shape index (κ2) is 17.5. The molecule has 0 amide bonds. The van der Waals surface area contributed by atoms with Crippen LogP contribution in [0.25, 0.3) is 21.8 Å². The molecule has 224 valence electrons. The number of pyridine rings is 2. The number of fused-ring (bicyclic) bond motifs is 2. The van der Waals surface area contributed by atoms with Gasteiger partial charge in [-0.1, -0.05) is 115 Å². The van der Waals surface area contributed by atoms with Gasteiger partial charge in [0.1, 0.15) is 11.5 Å². The van der Waals surface area contributed by atoms with Crippen molar-refractivity contribution in [3.8, 4) is 11.5 Å². The molecule has 2 heterocycles. The summed E-state index contributed by atoms with van der Waals surface area (Å²) >= 11 is 0. The quantitative estimate of drug-likeness (QED) is 0.0882. The van der Waals surface area contributed by atoms with Crippen LogP contribution in [-0.4, -0.2) is 16.1 Å². The minimum atomic E-state index is -0.744. The number of aromatic nitrogens is 2. The zero-order valence-corrected chi connectivity index (χ0v) is 25.7. The third kappa shape index (κ3) is 9.82. The van der Waals surface area contributed by atoms with Crippen LogP contribution in [0, 0.1) is 0 Å². The Bertz CT molecular complexity index is 1300. The number of carbonyl (C=O) groups is 1. The lowest BCUT2D eigenvalue weighted by Crippen LogP contribution is -2.15. The average Bonchev–Trinajstić information content (AvgIpc) is 3.00. The van der Waals surface area contributed by atoms with Crippen molar-refractivity contribution >= 4 is 28.0 Å². The van der Waals surface area contributed by atoms with Gasteiger partial charge < -0.3 is 9.47 Å². The number of ether oxygens (including phenoxy) is 2. The number of para-hydroxylation sites is 2. The molecule has 0 bridgehead atoms. The van der Waals surface area contributed by atoms with Crippen LogP contribution in [0.15, 0.2) is 60.7 Å². The number of carbonyl (C=O) groups excluding carboxylic acids is 1. The molecule has 5 heteroatoms. The fourth-order valence-electron chi connectivity index (χ4n) is 5.54. The van der Waals surface area contributed by atoms with Crippen LogP contribution in [0.1, 0.15) is 115 Å². The number of aryl methyl sites for hydroxylation is 2. The van der Waals surface area contributed by atoms with Gasteiger partial charge in [0, 0.05) is 34.3 Å². The van der Waals surface area contributed by atoms with Gasteiger partial charge in [0.2, 0.25) is 0 Å². The maximum atomic E-state index is 13.2. The molecule has 0 atom stereocenters. The number of hydrogen-bond acceptors (Lipinski definition) is 5. The summed E-state index contributed by atoms with van der Waals surface area (Å²) in [7, 11) is 0. The summed E-state index contributed by atoms with van der Waals surface area (Å²) < 4.78 is 11.7. The fourth-order valence-corrected chi connectivity index (χ4v) is 5.54. The molecular weight excluding hydrogens is 520 g/mol. The molecule has 0 spiro atoms. The Morgan fingerprint density at radius 1 is 0.548 bits per heavy atom. The zero-order chi connectivity index (χ0) is 29.4. The van der Waals surface area contributed by atoms with Gasteiger partial charge in [-0.2, -0.15) is 0 Å². The molecule has 0 saturated carbocycles. The van der Waals surface area contributed by atoms with E-state index in [0.717, 1.165) is 58.9 Å². The lowest BCUT2D eigenvalue weighted by molar-refractivity contribution is 0.153. The van der Waals surface area contributed by atoms with Crippen molar-refractivity contribution < 1.29 is 14.3 Å². The normalized spacial score (nSPS) is 11.3. The highest BCUT2D eigenvalue weighted by Gasteiger charge is 2.16. The minimum absolute atomic E-state index is 0.491. The van der Waals surface area contributed by atoms with Gasteiger partial charge in [0.05, 0.1) is 11.0 Å². The summed E-state index contributed by atoms with van der Waals surface area (Å²) in [4.78, 5) is 22.9. The van der Waals surface area contributed by atoms with Crippen molar-refractivity contribution in [1.29, 1.82) is 0 Å². The summed E-state index contributed by atoms with van der Waals surface area (Å²) in [6.45, 7) is 4.49. The van der Waals surface area contributed by atoms with Gasteiger partial charge in [-0.15, -0.1) is 0 Å². The first kappa shape index (κ1) is 31.5. The number of nitrogens with zero attached hydrogens (tertiary/aromatic N) is 2. The molecule has 0 radical (unpaired) electrons. The van der Waals surface area contributed by atoms with Gasteiger partial charge in [-0.25, -0.2) is 4.79 Å². The molecule has 0 aliphatic heterocycles. The van der Waals surface area contributed by atoms with Crippen molar-refractivity contribution in [3.63, 3.8) is 0 Å². The highest BCUT2D eigenvalue weighted by Crippen LogP contribution is 2.29. The zero-order valence-electron chi connectivity index (χ0n) is 25.7. The molecule has 0 aliphatic rings. The molecule has 0 N–H and O–H groups in total. The first-order valence-corrected chi connectivity index (χ1v) is 16.3. The van der Waals surface area contributed by atoms with Crippen molar-refractivity contribution in [3.05, 3.63) is 72.1 Å². The molecule has 0 unspecified atom stereocenters. The Labute approximate surface area is 252 Å². The molecule has 2 aromatic carbocycles. The Kier molecular flexibility index (Phi) is 13.1. The Morgan fingerprint density at radius 2 is 0.929 bits per heavy atom. The van der Waals surface area contributed by atoms with E-state index in [2.05, 4.69) is 13.8 Å². The van der Waals surface area contributed by atoms with Crippen molar-refractivity contribution in [2.75, 3.05) is 0 Å². The number of benzene rings is 2. The fraction of sp³-hybridized carbons (Fsp3) is 0.486. The molecule has 4 aromatic rings. The molecule has 0 fully saturated rings. The third-order valence-electron chi connectivity index (χ3n) is 7.92. The van der Waals surface area contributed by atoms with Crippen LogP contribution in [0.4, 0.5) is 4.79 Å². The molecule has 2 aromatic heterocycles. The van der Waals surface area contributed by atoms with Crippen molar-refractivity contribution in [2.24, 2.45) is 0 Å². The van der Waals surface area contributed by atoms with Gasteiger partial charge in [0.25, 0.3) is 0 Å².